The Balaban J connectivity index is 1.88. The molecule has 0 saturated carbocycles. The van der Waals surface area contributed by atoms with Gasteiger partial charge in [0.1, 0.15) is 12.7 Å². The molecule has 8 nitrogen and oxygen atoms in total. The zero-order chi connectivity index (χ0) is 23.0. The van der Waals surface area contributed by atoms with Gasteiger partial charge in [-0.2, -0.15) is 0 Å². The SMILES string of the molecule is COc1cccc(OC)c1OCC(O)CNC(=O)c1ccc(C(=O)NC(C)(C)C)cc1. The van der Waals surface area contributed by atoms with Gasteiger partial charge in [-0.25, -0.2) is 0 Å². The van der Waals surface area contributed by atoms with Gasteiger partial charge in [-0.05, 0) is 57.2 Å². The van der Waals surface area contributed by atoms with Gasteiger partial charge in [0.25, 0.3) is 11.8 Å². The predicted octanol–water partition coefficient (Wildman–Crippen LogP) is 2.40. The Kier molecular flexibility index (Phi) is 8.27. The van der Waals surface area contributed by atoms with E-state index in [1.807, 2.05) is 20.8 Å². The summed E-state index contributed by atoms with van der Waals surface area (Å²) in [6, 6.07) is 11.5. The molecule has 1 unspecified atom stereocenters. The third-order valence-corrected chi connectivity index (χ3v) is 4.20. The van der Waals surface area contributed by atoms with Crippen molar-refractivity contribution in [3.8, 4) is 17.2 Å². The Hall–Kier alpha value is -3.26. The first-order valence-electron chi connectivity index (χ1n) is 9.87. The van der Waals surface area contributed by atoms with Gasteiger partial charge in [-0.3, -0.25) is 9.59 Å². The lowest BCUT2D eigenvalue weighted by Gasteiger charge is -2.20. The summed E-state index contributed by atoms with van der Waals surface area (Å²) in [4.78, 5) is 24.5. The van der Waals surface area contributed by atoms with Crippen molar-refractivity contribution in [2.45, 2.75) is 32.4 Å². The molecule has 0 aliphatic heterocycles. The average Bonchev–Trinajstić information content (AvgIpc) is 2.74. The molecule has 1 atom stereocenters. The van der Waals surface area contributed by atoms with E-state index in [1.165, 1.54) is 14.2 Å². The van der Waals surface area contributed by atoms with Crippen LogP contribution in [0.5, 0.6) is 17.2 Å². The first kappa shape index (κ1) is 24.0. The van der Waals surface area contributed by atoms with Crippen LogP contribution in [0.1, 0.15) is 41.5 Å². The maximum absolute atomic E-state index is 12.3. The highest BCUT2D eigenvalue weighted by molar-refractivity contribution is 5.98. The summed E-state index contributed by atoms with van der Waals surface area (Å²) in [5, 5.41) is 15.7. The Morgan fingerprint density at radius 1 is 0.935 bits per heavy atom. The summed E-state index contributed by atoms with van der Waals surface area (Å²) < 4.78 is 16.1. The van der Waals surface area contributed by atoms with Crippen molar-refractivity contribution in [2.75, 3.05) is 27.4 Å². The van der Waals surface area contributed by atoms with Crippen LogP contribution in [0.15, 0.2) is 42.5 Å². The number of methoxy groups -OCH3 is 2. The van der Waals surface area contributed by atoms with Crippen molar-refractivity contribution in [1.29, 1.82) is 0 Å². The average molecular weight is 431 g/mol. The van der Waals surface area contributed by atoms with Crippen LogP contribution in [0, 0.1) is 0 Å². The minimum Gasteiger partial charge on any atom is -0.493 e. The number of hydrogen-bond donors (Lipinski definition) is 3. The number of aliphatic hydroxyl groups excluding tert-OH is 1. The Bertz CT molecular complexity index is 868. The highest BCUT2D eigenvalue weighted by atomic mass is 16.5. The number of carbonyl (C=O) groups is 2. The second-order valence-corrected chi connectivity index (χ2v) is 7.95. The molecule has 2 aromatic carbocycles. The van der Waals surface area contributed by atoms with Crippen molar-refractivity contribution in [1.82, 2.24) is 10.6 Å². The fraction of sp³-hybridized carbons (Fsp3) is 0.391. The van der Waals surface area contributed by atoms with Crippen LogP contribution >= 0.6 is 0 Å². The predicted molar refractivity (Wildman–Crippen MR) is 117 cm³/mol. The normalized spacial score (nSPS) is 11.9. The molecule has 0 radical (unpaired) electrons. The zero-order valence-electron chi connectivity index (χ0n) is 18.5. The van der Waals surface area contributed by atoms with E-state index < -0.39 is 6.10 Å². The van der Waals surface area contributed by atoms with E-state index in [4.69, 9.17) is 14.2 Å². The minimum absolute atomic E-state index is 0.0113. The largest absolute Gasteiger partial charge is 0.493 e. The van der Waals surface area contributed by atoms with Crippen LogP contribution in [-0.4, -0.2) is 55.9 Å². The van der Waals surface area contributed by atoms with Gasteiger partial charge in [0.15, 0.2) is 11.5 Å². The molecule has 168 valence electrons. The molecule has 0 heterocycles. The molecule has 8 heteroatoms. The smallest absolute Gasteiger partial charge is 0.251 e. The number of carbonyl (C=O) groups excluding carboxylic acids is 2. The van der Waals surface area contributed by atoms with E-state index in [9.17, 15) is 14.7 Å². The lowest BCUT2D eigenvalue weighted by Crippen LogP contribution is -2.40. The van der Waals surface area contributed by atoms with Crippen molar-refractivity contribution in [3.05, 3.63) is 53.6 Å². The van der Waals surface area contributed by atoms with Crippen molar-refractivity contribution >= 4 is 11.8 Å². The summed E-state index contributed by atoms with van der Waals surface area (Å²) in [6.45, 7) is 5.61. The van der Waals surface area contributed by atoms with Gasteiger partial charge in [0.2, 0.25) is 5.75 Å². The molecular formula is C23H30N2O6. The van der Waals surface area contributed by atoms with Gasteiger partial charge >= 0.3 is 0 Å². The third-order valence-electron chi connectivity index (χ3n) is 4.20. The van der Waals surface area contributed by atoms with Crippen LogP contribution in [0.25, 0.3) is 0 Å². The Labute approximate surface area is 182 Å². The fourth-order valence-electron chi connectivity index (χ4n) is 2.70. The first-order chi connectivity index (χ1) is 14.6. The molecule has 0 bridgehead atoms. The maximum atomic E-state index is 12.3. The number of nitrogens with one attached hydrogen (secondary N) is 2. The highest BCUT2D eigenvalue weighted by Gasteiger charge is 2.17. The first-order valence-corrected chi connectivity index (χ1v) is 9.87. The summed E-state index contributed by atoms with van der Waals surface area (Å²) in [7, 11) is 3.02. The van der Waals surface area contributed by atoms with Crippen LogP contribution in [0.4, 0.5) is 0 Å². The monoisotopic (exact) mass is 430 g/mol. The number of hydrogen-bond acceptors (Lipinski definition) is 6. The second-order valence-electron chi connectivity index (χ2n) is 7.95. The molecule has 0 aliphatic rings. The molecule has 0 saturated heterocycles. The lowest BCUT2D eigenvalue weighted by molar-refractivity contribution is 0.0833. The number of para-hydroxylation sites is 1. The van der Waals surface area contributed by atoms with Crippen molar-refractivity contribution in [3.63, 3.8) is 0 Å². The molecule has 2 rings (SSSR count). The van der Waals surface area contributed by atoms with Gasteiger partial charge < -0.3 is 30.0 Å². The number of rotatable bonds is 9. The van der Waals surface area contributed by atoms with E-state index >= 15 is 0 Å². The van der Waals surface area contributed by atoms with Crippen LogP contribution in [0.3, 0.4) is 0 Å². The summed E-state index contributed by atoms with van der Waals surface area (Å²) in [5.41, 5.74) is 0.497. The highest BCUT2D eigenvalue weighted by Crippen LogP contribution is 2.36. The number of ether oxygens (including phenoxy) is 3. The summed E-state index contributed by atoms with van der Waals surface area (Å²) in [5.74, 6) is 0.759. The van der Waals surface area contributed by atoms with E-state index in [2.05, 4.69) is 10.6 Å². The Morgan fingerprint density at radius 2 is 1.45 bits per heavy atom. The third kappa shape index (κ3) is 7.18. The summed E-state index contributed by atoms with van der Waals surface area (Å²) >= 11 is 0. The molecule has 0 aromatic heterocycles. The molecule has 0 fully saturated rings. The minimum atomic E-state index is -0.949. The second kappa shape index (κ2) is 10.7. The molecular weight excluding hydrogens is 400 g/mol. The van der Waals surface area contributed by atoms with Gasteiger partial charge in [0, 0.05) is 23.2 Å². The lowest BCUT2D eigenvalue weighted by atomic mass is 10.1. The summed E-state index contributed by atoms with van der Waals surface area (Å²) in [6.07, 6.45) is -0.949. The molecule has 3 N–H and O–H groups in total. The van der Waals surface area contributed by atoms with E-state index in [0.29, 0.717) is 28.4 Å². The van der Waals surface area contributed by atoms with Crippen LogP contribution in [0.2, 0.25) is 0 Å². The quantitative estimate of drug-likeness (QED) is 0.564. The van der Waals surface area contributed by atoms with Crippen molar-refractivity contribution < 1.29 is 28.9 Å². The standard InChI is InChI=1S/C23H30N2O6/c1-23(2,3)25-22(28)16-11-9-15(10-12-16)21(27)24-13-17(26)14-31-20-18(29-4)7-6-8-19(20)30-5/h6-12,17,26H,13-14H2,1-5H3,(H,24,27)(H,25,28). The fourth-order valence-corrected chi connectivity index (χ4v) is 2.70. The van der Waals surface area contributed by atoms with Crippen molar-refractivity contribution in [2.24, 2.45) is 0 Å². The number of benzene rings is 2. The number of aliphatic hydroxyl groups is 1. The van der Waals surface area contributed by atoms with Crippen LogP contribution in [-0.2, 0) is 0 Å². The van der Waals surface area contributed by atoms with E-state index in [1.54, 1.807) is 42.5 Å². The van der Waals surface area contributed by atoms with Crippen LogP contribution < -0.4 is 24.8 Å². The van der Waals surface area contributed by atoms with Gasteiger partial charge in [0.05, 0.1) is 14.2 Å². The zero-order valence-corrected chi connectivity index (χ0v) is 18.5. The van der Waals surface area contributed by atoms with Gasteiger partial charge in [-0.15, -0.1) is 0 Å². The molecule has 31 heavy (non-hydrogen) atoms. The number of amides is 2. The molecule has 0 spiro atoms. The molecule has 2 aromatic rings. The van der Waals surface area contributed by atoms with E-state index in [0.717, 1.165) is 0 Å². The topological polar surface area (TPSA) is 106 Å². The van der Waals surface area contributed by atoms with E-state index in [-0.39, 0.29) is 30.5 Å². The molecule has 2 amide bonds. The van der Waals surface area contributed by atoms with Gasteiger partial charge in [-0.1, -0.05) is 6.07 Å². The molecule has 0 aliphatic carbocycles. The maximum Gasteiger partial charge on any atom is 0.251 e. The Morgan fingerprint density at radius 3 is 1.94 bits per heavy atom.